The fourth-order valence-electron chi connectivity index (χ4n) is 3.04. The largest absolute Gasteiger partial charge is 0.274 e. The van der Waals surface area contributed by atoms with Crippen LogP contribution < -0.4 is 4.90 Å². The van der Waals surface area contributed by atoms with Gasteiger partial charge in [-0.25, -0.2) is 9.97 Å². The van der Waals surface area contributed by atoms with Crippen molar-refractivity contribution in [1.29, 1.82) is 0 Å². The van der Waals surface area contributed by atoms with Crippen molar-refractivity contribution in [2.45, 2.75) is 33.1 Å². The predicted molar refractivity (Wildman–Crippen MR) is 123 cm³/mol. The van der Waals surface area contributed by atoms with E-state index < -0.39 is 0 Å². The van der Waals surface area contributed by atoms with Gasteiger partial charge in [0.05, 0.1) is 33.0 Å². The summed E-state index contributed by atoms with van der Waals surface area (Å²) in [4.78, 5) is 24.5. The Balaban J connectivity index is 1.76. The van der Waals surface area contributed by atoms with E-state index in [0.29, 0.717) is 16.1 Å². The van der Waals surface area contributed by atoms with Gasteiger partial charge in [-0.15, -0.1) is 11.3 Å². The van der Waals surface area contributed by atoms with E-state index >= 15 is 0 Å². The molecular weight excluding hydrogens is 422 g/mol. The SMILES string of the molecule is Cc1c(Cl)cccc1N(C(=O)Cc1csc(C(C)C)n1)c1nc2ccccc2s1. The molecule has 0 atom stereocenters. The third-order valence-electron chi connectivity index (χ3n) is 4.60. The lowest BCUT2D eigenvalue weighted by atomic mass is 10.1. The van der Waals surface area contributed by atoms with Crippen molar-refractivity contribution in [1.82, 2.24) is 9.97 Å². The van der Waals surface area contributed by atoms with Crippen LogP contribution in [0.1, 0.15) is 36.0 Å². The molecule has 0 radical (unpaired) electrons. The van der Waals surface area contributed by atoms with Gasteiger partial charge >= 0.3 is 0 Å². The maximum absolute atomic E-state index is 13.4. The second kappa shape index (κ2) is 8.22. The molecule has 4 nitrogen and oxygen atoms in total. The zero-order chi connectivity index (χ0) is 20.5. The third-order valence-corrected chi connectivity index (χ3v) is 7.22. The lowest BCUT2D eigenvalue weighted by molar-refractivity contribution is -0.117. The Kier molecular flexibility index (Phi) is 5.67. The van der Waals surface area contributed by atoms with Gasteiger partial charge in [0.2, 0.25) is 5.91 Å². The summed E-state index contributed by atoms with van der Waals surface area (Å²) in [5.41, 5.74) is 3.26. The lowest BCUT2D eigenvalue weighted by Gasteiger charge is -2.22. The van der Waals surface area contributed by atoms with Crippen LogP contribution in [0.5, 0.6) is 0 Å². The van der Waals surface area contributed by atoms with Gasteiger partial charge in [-0.2, -0.15) is 0 Å². The van der Waals surface area contributed by atoms with Crippen molar-refractivity contribution < 1.29 is 4.79 Å². The van der Waals surface area contributed by atoms with Crippen molar-refractivity contribution in [2.24, 2.45) is 0 Å². The van der Waals surface area contributed by atoms with Crippen LogP contribution in [-0.2, 0) is 11.2 Å². The molecule has 29 heavy (non-hydrogen) atoms. The third kappa shape index (κ3) is 4.06. The summed E-state index contributed by atoms with van der Waals surface area (Å²) < 4.78 is 1.04. The molecule has 4 aromatic rings. The Hall–Kier alpha value is -2.28. The van der Waals surface area contributed by atoms with Crippen molar-refractivity contribution >= 4 is 61.2 Å². The number of halogens is 1. The van der Waals surface area contributed by atoms with E-state index in [1.54, 1.807) is 16.2 Å². The Labute approximate surface area is 182 Å². The van der Waals surface area contributed by atoms with Crippen LogP contribution in [0.15, 0.2) is 47.8 Å². The molecule has 148 valence electrons. The predicted octanol–water partition coefficient (Wildman–Crippen LogP) is 6.75. The molecule has 0 saturated heterocycles. The first-order valence-corrected chi connectivity index (χ1v) is 11.4. The van der Waals surface area contributed by atoms with Gasteiger partial charge in [-0.1, -0.05) is 55.0 Å². The first kappa shape index (κ1) is 20.0. The summed E-state index contributed by atoms with van der Waals surface area (Å²) in [6, 6.07) is 13.5. The fourth-order valence-corrected chi connectivity index (χ4v) is 5.04. The highest BCUT2D eigenvalue weighted by atomic mass is 35.5. The van der Waals surface area contributed by atoms with Crippen molar-refractivity contribution in [3.63, 3.8) is 0 Å². The smallest absolute Gasteiger partial charge is 0.239 e. The zero-order valence-electron chi connectivity index (χ0n) is 16.3. The number of fused-ring (bicyclic) bond motifs is 1. The Morgan fingerprint density at radius 1 is 1.14 bits per heavy atom. The molecule has 0 unspecified atom stereocenters. The summed E-state index contributed by atoms with van der Waals surface area (Å²) >= 11 is 9.45. The molecule has 0 saturated carbocycles. The second-order valence-electron chi connectivity index (χ2n) is 7.09. The summed E-state index contributed by atoms with van der Waals surface area (Å²) in [7, 11) is 0. The van der Waals surface area contributed by atoms with Gasteiger partial charge in [0, 0.05) is 16.3 Å². The molecule has 1 amide bonds. The summed E-state index contributed by atoms with van der Waals surface area (Å²) in [6.07, 6.45) is 0.213. The number of aromatic nitrogens is 2. The highest BCUT2D eigenvalue weighted by molar-refractivity contribution is 7.22. The number of para-hydroxylation sites is 1. The van der Waals surface area contributed by atoms with E-state index in [1.165, 1.54) is 11.3 Å². The lowest BCUT2D eigenvalue weighted by Crippen LogP contribution is -2.28. The minimum absolute atomic E-state index is 0.0740. The average molecular weight is 442 g/mol. The number of amides is 1. The number of hydrogen-bond acceptors (Lipinski definition) is 5. The Bertz CT molecular complexity index is 1150. The molecule has 0 spiro atoms. The maximum atomic E-state index is 13.4. The van der Waals surface area contributed by atoms with Gasteiger partial charge < -0.3 is 0 Å². The van der Waals surface area contributed by atoms with E-state index in [0.717, 1.165) is 32.2 Å². The monoisotopic (exact) mass is 441 g/mol. The first-order valence-electron chi connectivity index (χ1n) is 9.32. The standard InChI is InChI=1S/C22H20ClN3OS2/c1-13(2)21-24-15(12-28-21)11-20(27)26(18-9-6-7-16(23)14(18)3)22-25-17-8-4-5-10-19(17)29-22/h4-10,12-13H,11H2,1-3H3. The number of hydrogen-bond donors (Lipinski definition) is 0. The highest BCUT2D eigenvalue weighted by Gasteiger charge is 2.25. The van der Waals surface area contributed by atoms with Crippen LogP contribution >= 0.6 is 34.3 Å². The minimum Gasteiger partial charge on any atom is -0.274 e. The number of rotatable bonds is 5. The molecule has 7 heteroatoms. The summed E-state index contributed by atoms with van der Waals surface area (Å²) in [6.45, 7) is 6.13. The highest BCUT2D eigenvalue weighted by Crippen LogP contribution is 2.37. The van der Waals surface area contributed by atoms with E-state index in [4.69, 9.17) is 16.6 Å². The molecule has 2 aromatic heterocycles. The number of benzene rings is 2. The summed E-state index contributed by atoms with van der Waals surface area (Å²) in [5.74, 6) is 0.273. The van der Waals surface area contributed by atoms with Crippen LogP contribution in [0.4, 0.5) is 10.8 Å². The van der Waals surface area contributed by atoms with E-state index in [1.807, 2.05) is 54.8 Å². The second-order valence-corrected chi connectivity index (χ2v) is 9.39. The van der Waals surface area contributed by atoms with E-state index in [-0.39, 0.29) is 12.3 Å². The average Bonchev–Trinajstić information content (AvgIpc) is 3.32. The molecule has 0 aliphatic heterocycles. The quantitative estimate of drug-likeness (QED) is 0.344. The molecule has 2 heterocycles. The van der Waals surface area contributed by atoms with E-state index in [2.05, 4.69) is 18.8 Å². The van der Waals surface area contributed by atoms with E-state index in [9.17, 15) is 4.79 Å². The van der Waals surface area contributed by atoms with Gasteiger partial charge in [-0.3, -0.25) is 9.69 Å². The fraction of sp³-hybridized carbons (Fsp3) is 0.227. The van der Waals surface area contributed by atoms with Gasteiger partial charge in [0.15, 0.2) is 5.13 Å². The number of nitrogens with zero attached hydrogens (tertiary/aromatic N) is 3. The van der Waals surface area contributed by atoms with Crippen molar-refractivity contribution in [3.05, 3.63) is 69.1 Å². The van der Waals surface area contributed by atoms with Crippen LogP contribution in [0.25, 0.3) is 10.2 Å². The van der Waals surface area contributed by atoms with Crippen LogP contribution in [0, 0.1) is 6.92 Å². The topological polar surface area (TPSA) is 46.1 Å². The number of carbonyl (C=O) groups excluding carboxylic acids is 1. The van der Waals surface area contributed by atoms with Gasteiger partial charge in [-0.05, 0) is 36.8 Å². The molecule has 0 N–H and O–H groups in total. The van der Waals surface area contributed by atoms with Crippen LogP contribution in [0.3, 0.4) is 0 Å². The van der Waals surface area contributed by atoms with Crippen LogP contribution in [-0.4, -0.2) is 15.9 Å². The molecule has 0 bridgehead atoms. The van der Waals surface area contributed by atoms with Crippen molar-refractivity contribution in [3.8, 4) is 0 Å². The summed E-state index contributed by atoms with van der Waals surface area (Å²) in [5, 5.41) is 4.27. The molecular formula is C22H20ClN3OS2. The zero-order valence-corrected chi connectivity index (χ0v) is 18.7. The molecule has 0 aliphatic rings. The molecule has 2 aromatic carbocycles. The number of anilines is 2. The number of thiazole rings is 2. The normalized spacial score (nSPS) is 11.3. The Morgan fingerprint density at radius 2 is 1.93 bits per heavy atom. The molecule has 0 fully saturated rings. The van der Waals surface area contributed by atoms with Crippen LogP contribution in [0.2, 0.25) is 5.02 Å². The maximum Gasteiger partial charge on any atom is 0.239 e. The number of carbonyl (C=O) groups is 1. The minimum atomic E-state index is -0.0740. The first-order chi connectivity index (χ1) is 13.9. The van der Waals surface area contributed by atoms with Gasteiger partial charge in [0.25, 0.3) is 0 Å². The molecule has 0 aliphatic carbocycles. The van der Waals surface area contributed by atoms with Crippen molar-refractivity contribution in [2.75, 3.05) is 4.90 Å². The molecule has 4 rings (SSSR count). The van der Waals surface area contributed by atoms with Gasteiger partial charge in [0.1, 0.15) is 0 Å². The Morgan fingerprint density at radius 3 is 2.66 bits per heavy atom.